The molecule has 13 heavy (non-hydrogen) atoms. The van der Waals surface area contributed by atoms with Crippen LogP contribution >= 0.6 is 0 Å². The predicted octanol–water partition coefficient (Wildman–Crippen LogP) is 1.02. The molecule has 0 N–H and O–H groups in total. The maximum absolute atomic E-state index is 12.5. The lowest BCUT2D eigenvalue weighted by atomic mass is 10.2. The monoisotopic (exact) mass is 212 g/mol. The van der Waals surface area contributed by atoms with Crippen LogP contribution < -0.4 is 0 Å². The highest BCUT2D eigenvalue weighted by Crippen LogP contribution is 2.12. The Bertz CT molecular complexity index is 260. The van der Waals surface area contributed by atoms with Crippen LogP contribution in [0.15, 0.2) is 0 Å². The van der Waals surface area contributed by atoms with E-state index in [1.165, 1.54) is 6.92 Å². The summed E-state index contributed by atoms with van der Waals surface area (Å²) in [6.45, 7) is 3.25. The summed E-state index contributed by atoms with van der Waals surface area (Å²) < 4.78 is 37.9. The van der Waals surface area contributed by atoms with Crippen LogP contribution in [-0.4, -0.2) is 26.2 Å². The van der Waals surface area contributed by atoms with E-state index in [4.69, 9.17) is 0 Å². The minimum Gasteiger partial charge on any atom is -0.465 e. The summed E-state index contributed by atoms with van der Waals surface area (Å²) in [5, 5.41) is -1.66. The van der Waals surface area contributed by atoms with E-state index in [9.17, 15) is 17.1 Å². The third kappa shape index (κ3) is 4.21. The highest BCUT2D eigenvalue weighted by molar-refractivity contribution is 7.87. The number of rotatable bonds is 5. The summed E-state index contributed by atoms with van der Waals surface area (Å²) in [5.41, 5.74) is 0. The molecule has 0 aliphatic heterocycles. The van der Waals surface area contributed by atoms with Gasteiger partial charge in [0.25, 0.3) is 0 Å². The standard InChI is InChI=1S/C7H13FO4S/c1-3-5-6(13(8,10)11)7(9)12-4-2/h6H,3-5H2,1-2H3. The van der Waals surface area contributed by atoms with Gasteiger partial charge in [-0.3, -0.25) is 4.79 Å². The van der Waals surface area contributed by atoms with Crippen molar-refractivity contribution in [2.24, 2.45) is 0 Å². The van der Waals surface area contributed by atoms with Gasteiger partial charge in [-0.25, -0.2) is 0 Å². The normalized spacial score (nSPS) is 13.8. The molecule has 0 aromatic heterocycles. The van der Waals surface area contributed by atoms with Crippen molar-refractivity contribution in [1.82, 2.24) is 0 Å². The second-order valence-corrected chi connectivity index (χ2v) is 4.03. The van der Waals surface area contributed by atoms with Crippen molar-refractivity contribution in [1.29, 1.82) is 0 Å². The Morgan fingerprint density at radius 2 is 2.00 bits per heavy atom. The number of halogens is 1. The molecule has 0 aliphatic carbocycles. The van der Waals surface area contributed by atoms with Crippen molar-refractivity contribution >= 4 is 16.2 Å². The SMILES string of the molecule is CCCC(C(=O)OCC)S(=O)(=O)F. The van der Waals surface area contributed by atoms with Crippen molar-refractivity contribution < 1.29 is 21.8 Å². The van der Waals surface area contributed by atoms with Crippen LogP contribution in [0.2, 0.25) is 0 Å². The van der Waals surface area contributed by atoms with Gasteiger partial charge in [-0.15, -0.1) is 3.89 Å². The molecule has 4 nitrogen and oxygen atoms in total. The molecule has 1 atom stereocenters. The molecule has 0 saturated carbocycles. The molecule has 0 aromatic rings. The number of hydrogen-bond acceptors (Lipinski definition) is 4. The molecule has 0 rings (SSSR count). The summed E-state index contributed by atoms with van der Waals surface area (Å²) in [4.78, 5) is 10.9. The molecule has 0 heterocycles. The van der Waals surface area contributed by atoms with Gasteiger partial charge in [0.15, 0.2) is 5.25 Å². The Morgan fingerprint density at radius 1 is 1.46 bits per heavy atom. The average molecular weight is 212 g/mol. The molecule has 0 radical (unpaired) electrons. The molecule has 0 saturated heterocycles. The van der Waals surface area contributed by atoms with E-state index in [-0.39, 0.29) is 13.0 Å². The average Bonchev–Trinajstić information content (AvgIpc) is 1.98. The van der Waals surface area contributed by atoms with Crippen LogP contribution in [0.3, 0.4) is 0 Å². The largest absolute Gasteiger partial charge is 0.465 e. The molecular weight excluding hydrogens is 199 g/mol. The minimum atomic E-state index is -4.82. The van der Waals surface area contributed by atoms with Gasteiger partial charge >= 0.3 is 16.2 Å². The summed E-state index contributed by atoms with van der Waals surface area (Å²) in [5.74, 6) is -1.01. The topological polar surface area (TPSA) is 60.4 Å². The first kappa shape index (κ1) is 12.3. The van der Waals surface area contributed by atoms with Gasteiger partial charge in [-0.2, -0.15) is 8.42 Å². The first-order chi connectivity index (χ1) is 5.93. The van der Waals surface area contributed by atoms with E-state index >= 15 is 0 Å². The second-order valence-electron chi connectivity index (χ2n) is 2.50. The van der Waals surface area contributed by atoms with Crippen LogP contribution in [-0.2, 0) is 19.8 Å². The van der Waals surface area contributed by atoms with Gasteiger partial charge in [0.05, 0.1) is 6.61 Å². The molecule has 0 amide bonds. The molecular formula is C7H13FO4S. The highest BCUT2D eigenvalue weighted by Gasteiger charge is 2.32. The van der Waals surface area contributed by atoms with E-state index in [0.29, 0.717) is 6.42 Å². The Morgan fingerprint density at radius 3 is 2.31 bits per heavy atom. The van der Waals surface area contributed by atoms with Crippen molar-refractivity contribution in [3.8, 4) is 0 Å². The Labute approximate surface area is 77.3 Å². The van der Waals surface area contributed by atoms with Crippen LogP contribution in [0.25, 0.3) is 0 Å². The number of carbonyl (C=O) groups is 1. The highest BCUT2D eigenvalue weighted by atomic mass is 32.3. The van der Waals surface area contributed by atoms with Crippen LogP contribution in [0.5, 0.6) is 0 Å². The fourth-order valence-corrected chi connectivity index (χ4v) is 1.69. The Hall–Kier alpha value is -0.650. The lowest BCUT2D eigenvalue weighted by Gasteiger charge is -2.09. The molecule has 1 unspecified atom stereocenters. The third-order valence-electron chi connectivity index (χ3n) is 1.44. The summed E-state index contributed by atoms with van der Waals surface area (Å²) in [7, 11) is -4.82. The zero-order valence-electron chi connectivity index (χ0n) is 7.62. The fraction of sp³-hybridized carbons (Fsp3) is 0.857. The van der Waals surface area contributed by atoms with Gasteiger partial charge < -0.3 is 4.74 Å². The number of esters is 1. The fourth-order valence-electron chi connectivity index (χ4n) is 0.871. The van der Waals surface area contributed by atoms with E-state index in [0.717, 1.165) is 0 Å². The van der Waals surface area contributed by atoms with Crippen LogP contribution in [0, 0.1) is 0 Å². The number of ether oxygens (including phenoxy) is 1. The molecule has 0 spiro atoms. The number of hydrogen-bond donors (Lipinski definition) is 0. The minimum absolute atomic E-state index is 0.0440. The van der Waals surface area contributed by atoms with Crippen LogP contribution in [0.4, 0.5) is 3.89 Å². The van der Waals surface area contributed by atoms with Gasteiger partial charge in [-0.05, 0) is 13.3 Å². The number of carbonyl (C=O) groups excluding carboxylic acids is 1. The predicted molar refractivity (Wildman–Crippen MR) is 45.4 cm³/mol. The Balaban J connectivity index is 4.52. The molecule has 0 aliphatic rings. The van der Waals surface area contributed by atoms with E-state index < -0.39 is 21.4 Å². The smallest absolute Gasteiger partial charge is 0.327 e. The summed E-state index contributed by atoms with van der Waals surface area (Å²) >= 11 is 0. The first-order valence-electron chi connectivity index (χ1n) is 4.03. The van der Waals surface area contributed by atoms with Crippen molar-refractivity contribution in [2.75, 3.05) is 6.61 Å². The van der Waals surface area contributed by atoms with Gasteiger partial charge in [-0.1, -0.05) is 13.3 Å². The quantitative estimate of drug-likeness (QED) is 0.504. The van der Waals surface area contributed by atoms with E-state index in [1.807, 2.05) is 0 Å². The summed E-state index contributed by atoms with van der Waals surface area (Å²) in [6.07, 6.45) is 0.365. The molecule has 0 bridgehead atoms. The molecule has 0 aromatic carbocycles. The Kier molecular flexibility index (Phi) is 4.90. The van der Waals surface area contributed by atoms with Gasteiger partial charge in [0.1, 0.15) is 0 Å². The van der Waals surface area contributed by atoms with E-state index in [2.05, 4.69) is 4.74 Å². The van der Waals surface area contributed by atoms with Crippen molar-refractivity contribution in [3.05, 3.63) is 0 Å². The zero-order valence-corrected chi connectivity index (χ0v) is 8.43. The van der Waals surface area contributed by atoms with Crippen molar-refractivity contribution in [2.45, 2.75) is 31.9 Å². The zero-order chi connectivity index (χ0) is 10.5. The summed E-state index contributed by atoms with van der Waals surface area (Å²) in [6, 6.07) is 0. The third-order valence-corrected chi connectivity index (χ3v) is 2.55. The maximum atomic E-state index is 12.5. The molecule has 6 heteroatoms. The van der Waals surface area contributed by atoms with Gasteiger partial charge in [0.2, 0.25) is 0 Å². The second kappa shape index (κ2) is 5.16. The lowest BCUT2D eigenvalue weighted by molar-refractivity contribution is -0.142. The molecule has 78 valence electrons. The van der Waals surface area contributed by atoms with Crippen LogP contribution in [0.1, 0.15) is 26.7 Å². The lowest BCUT2D eigenvalue weighted by Crippen LogP contribution is -2.29. The van der Waals surface area contributed by atoms with E-state index in [1.54, 1.807) is 6.92 Å². The van der Waals surface area contributed by atoms with Gasteiger partial charge in [0, 0.05) is 0 Å². The van der Waals surface area contributed by atoms with Crippen molar-refractivity contribution in [3.63, 3.8) is 0 Å². The maximum Gasteiger partial charge on any atom is 0.327 e. The molecule has 0 fully saturated rings. The first-order valence-corrected chi connectivity index (χ1v) is 5.48.